The summed E-state index contributed by atoms with van der Waals surface area (Å²) < 4.78 is 4.51. The van der Waals surface area contributed by atoms with E-state index in [9.17, 15) is 29.6 Å². The fourth-order valence-corrected chi connectivity index (χ4v) is 2.53. The number of aliphatic hydroxyl groups excluding tert-OH is 1. The minimum atomic E-state index is -1.10. The average molecular weight is 334 g/mol. The molecule has 1 heterocycles. The van der Waals surface area contributed by atoms with E-state index in [0.29, 0.717) is 0 Å². The first-order valence-corrected chi connectivity index (χ1v) is 6.84. The van der Waals surface area contributed by atoms with Crippen LogP contribution >= 0.6 is 0 Å². The van der Waals surface area contributed by atoms with E-state index in [1.165, 1.54) is 24.3 Å². The predicted molar refractivity (Wildman–Crippen MR) is 79.9 cm³/mol. The Morgan fingerprint density at radius 3 is 2.62 bits per heavy atom. The Balaban J connectivity index is 2.56. The number of methoxy groups -OCH3 is 1. The quantitative estimate of drug-likeness (QED) is 0.484. The SMILES string of the molecule is COC(=O)CN1C(=O)C(O)=C(C(C)=O)[C@@H]1c1cccc([N+](=O)[O-])c1. The molecule has 1 aromatic carbocycles. The van der Waals surface area contributed by atoms with E-state index in [1.54, 1.807) is 0 Å². The number of carbonyl (C=O) groups is 3. The van der Waals surface area contributed by atoms with Crippen LogP contribution in [-0.2, 0) is 19.1 Å². The third kappa shape index (κ3) is 2.96. The molecule has 126 valence electrons. The number of Topliss-reactive ketones (excluding diaryl/α,β-unsaturated/α-hetero) is 1. The van der Waals surface area contributed by atoms with Crippen molar-refractivity contribution in [2.75, 3.05) is 13.7 Å². The highest BCUT2D eigenvalue weighted by atomic mass is 16.6. The van der Waals surface area contributed by atoms with E-state index >= 15 is 0 Å². The van der Waals surface area contributed by atoms with Gasteiger partial charge in [-0.15, -0.1) is 0 Å². The molecule has 9 heteroatoms. The van der Waals surface area contributed by atoms with Gasteiger partial charge in [-0.3, -0.25) is 24.5 Å². The fraction of sp³-hybridized carbons (Fsp3) is 0.267. The number of hydrogen-bond donors (Lipinski definition) is 1. The Hall–Kier alpha value is -3.23. The van der Waals surface area contributed by atoms with Crippen LogP contribution in [0.3, 0.4) is 0 Å². The van der Waals surface area contributed by atoms with Crippen molar-refractivity contribution in [3.8, 4) is 0 Å². The van der Waals surface area contributed by atoms with Crippen molar-refractivity contribution < 1.29 is 29.2 Å². The number of nitrogens with zero attached hydrogens (tertiary/aromatic N) is 2. The van der Waals surface area contributed by atoms with Crippen molar-refractivity contribution in [2.45, 2.75) is 13.0 Å². The molecular formula is C15H14N2O7. The molecule has 2 rings (SSSR count). The summed E-state index contributed by atoms with van der Waals surface area (Å²) in [6.45, 7) is 0.647. The number of ketones is 1. The molecule has 1 aliphatic rings. The zero-order valence-corrected chi connectivity index (χ0v) is 12.9. The van der Waals surface area contributed by atoms with Crippen molar-refractivity contribution in [1.82, 2.24) is 4.90 Å². The lowest BCUT2D eigenvalue weighted by atomic mass is 9.96. The second-order valence-electron chi connectivity index (χ2n) is 5.08. The highest BCUT2D eigenvalue weighted by Gasteiger charge is 2.43. The molecule has 0 saturated heterocycles. The second kappa shape index (κ2) is 6.49. The topological polar surface area (TPSA) is 127 Å². The lowest BCUT2D eigenvalue weighted by Crippen LogP contribution is -2.36. The number of esters is 1. The van der Waals surface area contributed by atoms with Crippen molar-refractivity contribution in [3.05, 3.63) is 51.3 Å². The lowest BCUT2D eigenvalue weighted by Gasteiger charge is -2.25. The van der Waals surface area contributed by atoms with Crippen LogP contribution in [0.2, 0.25) is 0 Å². The Morgan fingerprint density at radius 1 is 1.42 bits per heavy atom. The molecule has 24 heavy (non-hydrogen) atoms. The number of rotatable bonds is 5. The minimum absolute atomic E-state index is 0.218. The van der Waals surface area contributed by atoms with Crippen LogP contribution in [0.1, 0.15) is 18.5 Å². The molecule has 1 aromatic rings. The molecule has 0 saturated carbocycles. The Kier molecular flexibility index (Phi) is 4.63. The second-order valence-corrected chi connectivity index (χ2v) is 5.08. The minimum Gasteiger partial charge on any atom is -0.503 e. The van der Waals surface area contributed by atoms with Crippen molar-refractivity contribution >= 4 is 23.3 Å². The number of nitro groups is 1. The van der Waals surface area contributed by atoms with Gasteiger partial charge in [0.15, 0.2) is 11.5 Å². The maximum atomic E-state index is 12.2. The summed E-state index contributed by atoms with van der Waals surface area (Å²) in [5, 5.41) is 20.9. The van der Waals surface area contributed by atoms with Crippen LogP contribution in [-0.4, -0.2) is 46.2 Å². The van der Waals surface area contributed by atoms with E-state index in [2.05, 4.69) is 4.74 Å². The summed E-state index contributed by atoms with van der Waals surface area (Å²) in [6.07, 6.45) is 0. The number of hydrogen-bond acceptors (Lipinski definition) is 7. The van der Waals surface area contributed by atoms with Crippen molar-refractivity contribution in [2.24, 2.45) is 0 Å². The molecule has 1 aliphatic heterocycles. The maximum absolute atomic E-state index is 12.2. The van der Waals surface area contributed by atoms with Crippen molar-refractivity contribution in [3.63, 3.8) is 0 Å². The number of amides is 1. The molecule has 9 nitrogen and oxygen atoms in total. The van der Waals surface area contributed by atoms with E-state index in [1.807, 2.05) is 0 Å². The van der Waals surface area contributed by atoms with Crippen LogP contribution in [0.4, 0.5) is 5.69 Å². The zero-order chi connectivity index (χ0) is 18.0. The number of aliphatic hydroxyl groups is 1. The van der Waals surface area contributed by atoms with Gasteiger partial charge in [0.2, 0.25) is 0 Å². The summed E-state index contributed by atoms with van der Waals surface area (Å²) in [7, 11) is 1.13. The van der Waals surface area contributed by atoms with E-state index in [4.69, 9.17) is 0 Å². The monoisotopic (exact) mass is 334 g/mol. The molecule has 1 N–H and O–H groups in total. The molecule has 0 fully saturated rings. The molecule has 0 spiro atoms. The van der Waals surface area contributed by atoms with Gasteiger partial charge >= 0.3 is 5.97 Å². The standard InChI is InChI=1S/C15H14N2O7/c1-8(18)12-13(9-4-3-5-10(6-9)17(22)23)16(7-11(19)24-2)15(21)14(12)20/h3-6,13,20H,7H2,1-2H3/t13-/m0/s1. The van der Waals surface area contributed by atoms with Gasteiger partial charge in [-0.2, -0.15) is 0 Å². The molecule has 0 bridgehead atoms. The summed E-state index contributed by atoms with van der Waals surface area (Å²) in [4.78, 5) is 46.9. The Bertz CT molecular complexity index is 769. The molecule has 1 amide bonds. The van der Waals surface area contributed by atoms with Gasteiger partial charge in [-0.1, -0.05) is 12.1 Å². The van der Waals surface area contributed by atoms with Crippen LogP contribution in [0.5, 0.6) is 0 Å². The van der Waals surface area contributed by atoms with Gasteiger partial charge in [0.25, 0.3) is 11.6 Å². The normalized spacial score (nSPS) is 17.2. The van der Waals surface area contributed by atoms with Crippen molar-refractivity contribution in [1.29, 1.82) is 0 Å². The highest BCUT2D eigenvalue weighted by Crippen LogP contribution is 2.38. The molecule has 0 radical (unpaired) electrons. The number of benzene rings is 1. The molecule has 1 atom stereocenters. The average Bonchev–Trinajstić information content (AvgIpc) is 2.79. The molecule has 0 aliphatic carbocycles. The number of nitro benzene ring substituents is 1. The Labute approximate surface area is 136 Å². The molecular weight excluding hydrogens is 320 g/mol. The summed E-state index contributed by atoms with van der Waals surface area (Å²) in [6, 6.07) is 4.19. The third-order valence-corrected chi connectivity index (χ3v) is 3.61. The fourth-order valence-electron chi connectivity index (χ4n) is 2.53. The van der Waals surface area contributed by atoms with Gasteiger partial charge < -0.3 is 14.7 Å². The van der Waals surface area contributed by atoms with Gasteiger partial charge in [0.1, 0.15) is 6.54 Å². The number of carbonyl (C=O) groups excluding carboxylic acids is 3. The van der Waals surface area contributed by atoms with E-state index in [-0.39, 0.29) is 16.8 Å². The highest BCUT2D eigenvalue weighted by molar-refractivity contribution is 6.08. The third-order valence-electron chi connectivity index (χ3n) is 3.61. The van der Waals surface area contributed by atoms with Crippen LogP contribution in [0.15, 0.2) is 35.6 Å². The smallest absolute Gasteiger partial charge is 0.325 e. The first-order valence-electron chi connectivity index (χ1n) is 6.84. The van der Waals surface area contributed by atoms with Gasteiger partial charge in [0.05, 0.1) is 23.6 Å². The first-order chi connectivity index (χ1) is 11.3. The van der Waals surface area contributed by atoms with Gasteiger partial charge in [-0.05, 0) is 12.5 Å². The van der Waals surface area contributed by atoms with Gasteiger partial charge in [-0.25, -0.2) is 0 Å². The zero-order valence-electron chi connectivity index (χ0n) is 12.9. The lowest BCUT2D eigenvalue weighted by molar-refractivity contribution is -0.384. The van der Waals surface area contributed by atoms with E-state index < -0.39 is 40.9 Å². The molecule has 0 aromatic heterocycles. The number of ether oxygens (including phenoxy) is 1. The van der Waals surface area contributed by atoms with E-state index in [0.717, 1.165) is 18.9 Å². The largest absolute Gasteiger partial charge is 0.503 e. The van der Waals surface area contributed by atoms with Gasteiger partial charge in [0, 0.05) is 12.1 Å². The van der Waals surface area contributed by atoms with Crippen LogP contribution in [0, 0.1) is 10.1 Å². The van der Waals surface area contributed by atoms with Crippen LogP contribution < -0.4 is 0 Å². The summed E-state index contributed by atoms with van der Waals surface area (Å²) in [5.41, 5.74) is -0.229. The summed E-state index contributed by atoms with van der Waals surface area (Å²) in [5.74, 6) is -3.02. The number of non-ortho nitro benzene ring substituents is 1. The Morgan fingerprint density at radius 2 is 2.08 bits per heavy atom. The first kappa shape index (κ1) is 17.1. The molecule has 0 unspecified atom stereocenters. The maximum Gasteiger partial charge on any atom is 0.325 e. The predicted octanol–water partition coefficient (Wildman–Crippen LogP) is 1.05. The summed E-state index contributed by atoms with van der Waals surface area (Å²) >= 11 is 0. The van der Waals surface area contributed by atoms with Crippen LogP contribution in [0.25, 0.3) is 0 Å².